The molecule has 0 heterocycles. The van der Waals surface area contributed by atoms with E-state index in [0.717, 1.165) is 4.47 Å². The highest BCUT2D eigenvalue weighted by molar-refractivity contribution is 9.10. The third-order valence-electron chi connectivity index (χ3n) is 1.90. The monoisotopic (exact) mass is 282 g/mol. The average Bonchev–Trinajstić information content (AvgIpc) is 2.10. The molecule has 1 rings (SSSR count). The van der Waals surface area contributed by atoms with Gasteiger partial charge < -0.3 is 11.1 Å². The van der Waals surface area contributed by atoms with Gasteiger partial charge in [-0.25, -0.2) is 0 Å². The Kier molecular flexibility index (Phi) is 3.49. The number of hydrogen-bond donors (Lipinski definition) is 2. The molecule has 1 aromatic rings. The van der Waals surface area contributed by atoms with E-state index in [2.05, 4.69) is 21.2 Å². The number of rotatable bonds is 2. The average molecular weight is 283 g/mol. The van der Waals surface area contributed by atoms with Gasteiger partial charge in [-0.3, -0.25) is 0 Å². The molecule has 0 fully saturated rings. The molecule has 0 saturated carbocycles. The SMILES string of the molecule is Cc1c(Br)ccc(N)c1NCC(F)(F)F. The van der Waals surface area contributed by atoms with Gasteiger partial charge in [0, 0.05) is 4.47 Å². The Morgan fingerprint density at radius 3 is 2.53 bits per heavy atom. The summed E-state index contributed by atoms with van der Waals surface area (Å²) in [5, 5.41) is 2.28. The van der Waals surface area contributed by atoms with Crippen LogP contribution >= 0.6 is 15.9 Å². The minimum atomic E-state index is -4.25. The van der Waals surface area contributed by atoms with Crippen molar-refractivity contribution < 1.29 is 13.2 Å². The van der Waals surface area contributed by atoms with E-state index in [1.807, 2.05) is 0 Å². The van der Waals surface area contributed by atoms with Crippen LogP contribution < -0.4 is 11.1 Å². The summed E-state index contributed by atoms with van der Waals surface area (Å²) in [6.07, 6.45) is -4.25. The van der Waals surface area contributed by atoms with E-state index in [9.17, 15) is 13.2 Å². The van der Waals surface area contributed by atoms with E-state index in [-0.39, 0.29) is 0 Å². The summed E-state index contributed by atoms with van der Waals surface area (Å²) in [6.45, 7) is 0.605. The van der Waals surface area contributed by atoms with Gasteiger partial charge in [-0.2, -0.15) is 13.2 Å². The summed E-state index contributed by atoms with van der Waals surface area (Å²) in [5.74, 6) is 0. The van der Waals surface area contributed by atoms with E-state index >= 15 is 0 Å². The highest BCUT2D eigenvalue weighted by atomic mass is 79.9. The van der Waals surface area contributed by atoms with Gasteiger partial charge in [0.1, 0.15) is 6.54 Å². The van der Waals surface area contributed by atoms with E-state index < -0.39 is 12.7 Å². The first-order valence-corrected chi connectivity index (χ1v) is 4.96. The number of nitrogen functional groups attached to an aromatic ring is 1. The molecule has 0 bridgehead atoms. The van der Waals surface area contributed by atoms with Crippen LogP contribution in [-0.2, 0) is 0 Å². The molecule has 2 nitrogen and oxygen atoms in total. The molecular formula is C9H10BrF3N2. The molecule has 3 N–H and O–H groups in total. The van der Waals surface area contributed by atoms with Crippen LogP contribution in [0.15, 0.2) is 16.6 Å². The molecule has 0 aliphatic heterocycles. The number of alkyl halides is 3. The van der Waals surface area contributed by atoms with Crippen molar-refractivity contribution in [3.63, 3.8) is 0 Å². The van der Waals surface area contributed by atoms with Crippen LogP contribution in [0.25, 0.3) is 0 Å². The molecular weight excluding hydrogens is 273 g/mol. The van der Waals surface area contributed by atoms with Crippen LogP contribution in [0.3, 0.4) is 0 Å². The summed E-state index contributed by atoms with van der Waals surface area (Å²) in [4.78, 5) is 0. The normalized spacial score (nSPS) is 11.5. The van der Waals surface area contributed by atoms with Crippen molar-refractivity contribution in [2.45, 2.75) is 13.1 Å². The molecule has 6 heteroatoms. The van der Waals surface area contributed by atoms with Crippen LogP contribution in [0.4, 0.5) is 24.5 Å². The third kappa shape index (κ3) is 3.30. The van der Waals surface area contributed by atoms with Crippen molar-refractivity contribution in [1.82, 2.24) is 0 Å². The van der Waals surface area contributed by atoms with E-state index in [1.54, 1.807) is 19.1 Å². The maximum Gasteiger partial charge on any atom is 0.405 e. The van der Waals surface area contributed by atoms with Crippen molar-refractivity contribution >= 4 is 27.3 Å². The number of nitrogens with two attached hydrogens (primary N) is 1. The first-order valence-electron chi connectivity index (χ1n) is 4.16. The van der Waals surface area contributed by atoms with E-state index in [1.165, 1.54) is 0 Å². The predicted octanol–water partition coefficient (Wildman–Crippen LogP) is 3.31. The fourth-order valence-electron chi connectivity index (χ4n) is 1.13. The van der Waals surface area contributed by atoms with Gasteiger partial charge in [-0.1, -0.05) is 15.9 Å². The maximum atomic E-state index is 12.0. The fraction of sp³-hybridized carbons (Fsp3) is 0.333. The van der Waals surface area contributed by atoms with Gasteiger partial charge in [0.25, 0.3) is 0 Å². The van der Waals surface area contributed by atoms with Gasteiger partial charge in [0.15, 0.2) is 0 Å². The first-order chi connectivity index (χ1) is 6.81. The van der Waals surface area contributed by atoms with Gasteiger partial charge >= 0.3 is 6.18 Å². The predicted molar refractivity (Wildman–Crippen MR) is 57.8 cm³/mol. The van der Waals surface area contributed by atoms with Crippen molar-refractivity contribution in [2.75, 3.05) is 17.6 Å². The molecule has 0 spiro atoms. The van der Waals surface area contributed by atoms with E-state index in [4.69, 9.17) is 5.73 Å². The molecule has 0 aromatic heterocycles. The van der Waals surface area contributed by atoms with Gasteiger partial charge in [-0.15, -0.1) is 0 Å². The molecule has 84 valence electrons. The smallest absolute Gasteiger partial charge is 0.397 e. The van der Waals surface area contributed by atoms with Crippen molar-refractivity contribution in [1.29, 1.82) is 0 Å². The van der Waals surface area contributed by atoms with Crippen LogP contribution in [-0.4, -0.2) is 12.7 Å². The molecule has 0 unspecified atom stereocenters. The van der Waals surface area contributed by atoms with Crippen LogP contribution in [0.2, 0.25) is 0 Å². The molecule has 0 saturated heterocycles. The van der Waals surface area contributed by atoms with Crippen molar-refractivity contribution in [3.05, 3.63) is 22.2 Å². The summed E-state index contributed by atoms with van der Waals surface area (Å²) in [6, 6.07) is 3.25. The fourth-order valence-corrected chi connectivity index (χ4v) is 1.46. The summed E-state index contributed by atoms with van der Waals surface area (Å²) < 4.78 is 36.7. The minimum absolute atomic E-state index is 0.306. The van der Waals surface area contributed by atoms with Gasteiger partial charge in [0.2, 0.25) is 0 Å². The Morgan fingerprint density at radius 1 is 1.40 bits per heavy atom. The minimum Gasteiger partial charge on any atom is -0.397 e. The van der Waals surface area contributed by atoms with Gasteiger partial charge in [0.05, 0.1) is 11.4 Å². The lowest BCUT2D eigenvalue weighted by atomic mass is 10.1. The third-order valence-corrected chi connectivity index (χ3v) is 2.76. The number of nitrogens with one attached hydrogen (secondary N) is 1. The Balaban J connectivity index is 2.90. The molecule has 0 aliphatic rings. The number of halogens is 4. The molecule has 0 amide bonds. The second-order valence-corrected chi connectivity index (χ2v) is 3.96. The summed E-state index contributed by atoms with van der Waals surface area (Å²) in [5.41, 5.74) is 6.86. The Bertz CT molecular complexity index is 363. The second kappa shape index (κ2) is 4.30. The lowest BCUT2D eigenvalue weighted by molar-refractivity contribution is -0.115. The lowest BCUT2D eigenvalue weighted by Gasteiger charge is -2.14. The number of benzene rings is 1. The van der Waals surface area contributed by atoms with E-state index in [0.29, 0.717) is 16.9 Å². The van der Waals surface area contributed by atoms with Crippen LogP contribution in [0.5, 0.6) is 0 Å². The number of hydrogen-bond acceptors (Lipinski definition) is 2. The van der Waals surface area contributed by atoms with Crippen molar-refractivity contribution in [2.24, 2.45) is 0 Å². The zero-order chi connectivity index (χ0) is 11.6. The maximum absolute atomic E-state index is 12.0. The van der Waals surface area contributed by atoms with Crippen molar-refractivity contribution in [3.8, 4) is 0 Å². The lowest BCUT2D eigenvalue weighted by Crippen LogP contribution is -2.22. The Hall–Kier alpha value is -0.910. The molecule has 0 atom stereocenters. The Morgan fingerprint density at radius 2 is 2.00 bits per heavy atom. The Labute approximate surface area is 93.8 Å². The highest BCUT2D eigenvalue weighted by Gasteiger charge is 2.27. The van der Waals surface area contributed by atoms with Crippen LogP contribution in [0.1, 0.15) is 5.56 Å². The largest absolute Gasteiger partial charge is 0.405 e. The molecule has 0 radical (unpaired) electrons. The highest BCUT2D eigenvalue weighted by Crippen LogP contribution is 2.30. The zero-order valence-electron chi connectivity index (χ0n) is 7.95. The summed E-state index contributed by atoms with van der Waals surface area (Å²) in [7, 11) is 0. The standard InChI is InChI=1S/C9H10BrF3N2/c1-5-6(10)2-3-7(14)8(5)15-4-9(11,12)13/h2-3,15H,4,14H2,1H3. The number of anilines is 2. The summed E-state index contributed by atoms with van der Waals surface area (Å²) >= 11 is 3.22. The topological polar surface area (TPSA) is 38.0 Å². The first kappa shape index (κ1) is 12.2. The molecule has 15 heavy (non-hydrogen) atoms. The van der Waals surface area contributed by atoms with Gasteiger partial charge in [-0.05, 0) is 24.6 Å². The quantitative estimate of drug-likeness (QED) is 0.817. The molecule has 0 aliphatic carbocycles. The second-order valence-electron chi connectivity index (χ2n) is 3.11. The van der Waals surface area contributed by atoms with Crippen LogP contribution in [0, 0.1) is 6.92 Å². The molecule has 1 aromatic carbocycles. The zero-order valence-corrected chi connectivity index (χ0v) is 9.54.